The molecule has 0 bridgehead atoms. The maximum Gasteiger partial charge on any atom is 0.239 e. The molecule has 0 heterocycles. The minimum Gasteiger partial charge on any atom is -0.368 e. The van der Waals surface area contributed by atoms with Crippen LogP contribution in [0.15, 0.2) is 65.6 Å². The van der Waals surface area contributed by atoms with Crippen LogP contribution in [0.2, 0.25) is 0 Å². The van der Waals surface area contributed by atoms with Crippen LogP contribution in [0.5, 0.6) is 0 Å². The first-order valence-corrected chi connectivity index (χ1v) is 7.82. The van der Waals surface area contributed by atoms with Gasteiger partial charge in [-0.2, -0.15) is 0 Å². The highest BCUT2D eigenvalue weighted by Gasteiger charge is 2.24. The van der Waals surface area contributed by atoms with Crippen LogP contribution in [-0.2, 0) is 9.59 Å². The number of nitrogens with one attached hydrogen (secondary N) is 1. The van der Waals surface area contributed by atoms with Crippen LogP contribution in [0.1, 0.15) is 17.7 Å². The Hall–Kier alpha value is -2.27. The molecule has 2 rings (SSSR count). The van der Waals surface area contributed by atoms with Gasteiger partial charge in [-0.15, -0.1) is 11.8 Å². The van der Waals surface area contributed by atoms with Gasteiger partial charge in [-0.3, -0.25) is 9.59 Å². The number of primary amides is 1. The lowest BCUT2D eigenvalue weighted by molar-refractivity contribution is -0.126. The summed E-state index contributed by atoms with van der Waals surface area (Å²) in [5.74, 6) is -0.781. The van der Waals surface area contributed by atoms with Gasteiger partial charge < -0.3 is 11.1 Å². The van der Waals surface area contributed by atoms with Crippen LogP contribution in [0.3, 0.4) is 0 Å². The zero-order valence-corrected chi connectivity index (χ0v) is 13.0. The molecule has 0 spiro atoms. The molecule has 0 aliphatic rings. The number of nitrogens with two attached hydrogens (primary N) is 1. The van der Waals surface area contributed by atoms with Gasteiger partial charge in [0.25, 0.3) is 0 Å². The third-order valence-electron chi connectivity index (χ3n) is 3.12. The predicted octanol–water partition coefficient (Wildman–Crippen LogP) is 2.51. The summed E-state index contributed by atoms with van der Waals surface area (Å²) in [6.45, 7) is 1.58. The van der Waals surface area contributed by atoms with Crippen molar-refractivity contribution in [1.82, 2.24) is 5.32 Å². The van der Waals surface area contributed by atoms with E-state index in [1.807, 2.05) is 60.7 Å². The van der Waals surface area contributed by atoms with Crippen LogP contribution >= 0.6 is 11.8 Å². The predicted molar refractivity (Wildman–Crippen MR) is 88.3 cm³/mol. The number of rotatable bonds is 6. The van der Waals surface area contributed by atoms with Gasteiger partial charge in [0.15, 0.2) is 0 Å². The number of benzene rings is 2. The minimum absolute atomic E-state index is 0.230. The summed E-state index contributed by atoms with van der Waals surface area (Å²) < 4.78 is 0. The Morgan fingerprint density at radius 1 is 1.00 bits per heavy atom. The van der Waals surface area contributed by atoms with Gasteiger partial charge in [0.1, 0.15) is 11.3 Å². The largest absolute Gasteiger partial charge is 0.368 e. The molecule has 0 radical (unpaired) electrons. The summed E-state index contributed by atoms with van der Waals surface area (Å²) in [5, 5.41) is 2.22. The van der Waals surface area contributed by atoms with E-state index in [1.54, 1.807) is 6.92 Å². The highest BCUT2D eigenvalue weighted by Crippen LogP contribution is 2.35. The molecule has 2 aromatic rings. The lowest BCUT2D eigenvalue weighted by Crippen LogP contribution is -2.43. The highest BCUT2D eigenvalue weighted by atomic mass is 32.2. The summed E-state index contributed by atoms with van der Waals surface area (Å²) >= 11 is 1.44. The monoisotopic (exact) mass is 314 g/mol. The van der Waals surface area contributed by atoms with E-state index in [0.717, 1.165) is 10.5 Å². The second-order valence-electron chi connectivity index (χ2n) is 4.85. The summed E-state index contributed by atoms with van der Waals surface area (Å²) in [7, 11) is 0. The minimum atomic E-state index is -0.699. The average molecular weight is 314 g/mol. The van der Waals surface area contributed by atoms with Gasteiger partial charge in [-0.1, -0.05) is 48.5 Å². The van der Waals surface area contributed by atoms with E-state index in [4.69, 9.17) is 5.73 Å². The van der Waals surface area contributed by atoms with Crippen LogP contribution < -0.4 is 11.1 Å². The fraction of sp³-hybridized carbons (Fsp3) is 0.176. The second-order valence-corrected chi connectivity index (χ2v) is 6.03. The molecule has 2 amide bonds. The normalized spacial score (nSPS) is 13.1. The zero-order chi connectivity index (χ0) is 15.9. The van der Waals surface area contributed by atoms with Crippen molar-refractivity contribution in [2.45, 2.75) is 23.1 Å². The number of carbonyl (C=O) groups excluding carboxylic acids is 2. The van der Waals surface area contributed by atoms with Crippen molar-refractivity contribution in [3.63, 3.8) is 0 Å². The van der Waals surface area contributed by atoms with Crippen molar-refractivity contribution in [1.29, 1.82) is 0 Å². The Balaban J connectivity index is 2.22. The second kappa shape index (κ2) is 7.66. The topological polar surface area (TPSA) is 72.2 Å². The summed E-state index contributed by atoms with van der Waals surface area (Å²) in [5.41, 5.74) is 6.10. The molecule has 5 heteroatoms. The van der Waals surface area contributed by atoms with Gasteiger partial charge in [0.2, 0.25) is 11.8 Å². The lowest BCUT2D eigenvalue weighted by atomic mass is 10.1. The van der Waals surface area contributed by atoms with Gasteiger partial charge in [-0.05, 0) is 24.6 Å². The summed E-state index contributed by atoms with van der Waals surface area (Å²) in [6.07, 6.45) is 0. The van der Waals surface area contributed by atoms with Crippen molar-refractivity contribution in [2.75, 3.05) is 0 Å². The zero-order valence-electron chi connectivity index (χ0n) is 12.2. The molecule has 4 nitrogen and oxygen atoms in total. The molecule has 0 saturated carbocycles. The van der Waals surface area contributed by atoms with Gasteiger partial charge in [-0.25, -0.2) is 0 Å². The third-order valence-corrected chi connectivity index (χ3v) is 4.39. The van der Waals surface area contributed by atoms with Crippen LogP contribution in [0.4, 0.5) is 0 Å². The Kier molecular flexibility index (Phi) is 5.61. The molecule has 0 aliphatic carbocycles. The van der Waals surface area contributed by atoms with E-state index in [9.17, 15) is 9.59 Å². The molecular formula is C17H18N2O2S. The maximum atomic E-state index is 12.5. The highest BCUT2D eigenvalue weighted by molar-refractivity contribution is 8.00. The molecule has 3 N–H and O–H groups in total. The fourth-order valence-corrected chi connectivity index (χ4v) is 2.95. The first kappa shape index (κ1) is 16.1. The van der Waals surface area contributed by atoms with Crippen molar-refractivity contribution < 1.29 is 9.59 Å². The van der Waals surface area contributed by atoms with Crippen molar-refractivity contribution in [3.05, 3.63) is 66.2 Å². The Morgan fingerprint density at radius 2 is 1.55 bits per heavy atom. The van der Waals surface area contributed by atoms with E-state index < -0.39 is 17.2 Å². The maximum absolute atomic E-state index is 12.5. The Labute approximate surface area is 134 Å². The average Bonchev–Trinajstić information content (AvgIpc) is 2.54. The molecular weight excluding hydrogens is 296 g/mol. The van der Waals surface area contributed by atoms with Crippen molar-refractivity contribution in [2.24, 2.45) is 5.73 Å². The number of thioether (sulfide) groups is 1. The van der Waals surface area contributed by atoms with Crippen molar-refractivity contribution in [3.8, 4) is 0 Å². The molecule has 0 aromatic heterocycles. The van der Waals surface area contributed by atoms with Gasteiger partial charge in [0, 0.05) is 4.90 Å². The van der Waals surface area contributed by atoms with Gasteiger partial charge >= 0.3 is 0 Å². The van der Waals surface area contributed by atoms with Gasteiger partial charge in [0.05, 0.1) is 0 Å². The van der Waals surface area contributed by atoms with Crippen LogP contribution in [0, 0.1) is 0 Å². The lowest BCUT2D eigenvalue weighted by Gasteiger charge is -2.19. The number of hydrogen-bond acceptors (Lipinski definition) is 3. The molecule has 2 aromatic carbocycles. The summed E-state index contributed by atoms with van der Waals surface area (Å²) in [4.78, 5) is 24.7. The van der Waals surface area contributed by atoms with E-state index in [0.29, 0.717) is 0 Å². The SMILES string of the molecule is C[C@H](NC(=O)[C@@H](Sc1ccccc1)c1ccccc1)C(N)=O. The number of carbonyl (C=O) groups is 2. The molecule has 0 saturated heterocycles. The molecule has 22 heavy (non-hydrogen) atoms. The van der Waals surface area contributed by atoms with Crippen LogP contribution in [0.25, 0.3) is 0 Å². The molecule has 114 valence electrons. The third kappa shape index (κ3) is 4.36. The Bertz CT molecular complexity index is 632. The van der Waals surface area contributed by atoms with E-state index in [1.165, 1.54) is 11.8 Å². The van der Waals surface area contributed by atoms with Crippen molar-refractivity contribution >= 4 is 23.6 Å². The molecule has 0 unspecified atom stereocenters. The smallest absolute Gasteiger partial charge is 0.239 e. The fourth-order valence-electron chi connectivity index (χ4n) is 1.90. The molecule has 2 atom stereocenters. The Morgan fingerprint density at radius 3 is 2.09 bits per heavy atom. The van der Waals surface area contributed by atoms with E-state index in [2.05, 4.69) is 5.32 Å². The molecule has 0 aliphatic heterocycles. The quantitative estimate of drug-likeness (QED) is 0.805. The number of amides is 2. The first-order valence-electron chi connectivity index (χ1n) is 6.94. The number of hydrogen-bond donors (Lipinski definition) is 2. The standard InChI is InChI=1S/C17H18N2O2S/c1-12(16(18)20)19-17(21)15(13-8-4-2-5-9-13)22-14-10-6-3-7-11-14/h2-12,15H,1H3,(H2,18,20)(H,19,21)/t12-,15-/m0/s1. The summed E-state index contributed by atoms with van der Waals surface area (Å²) in [6, 6.07) is 18.4. The first-order chi connectivity index (χ1) is 10.6. The molecule has 0 fully saturated rings. The van der Waals surface area contributed by atoms with E-state index >= 15 is 0 Å². The van der Waals surface area contributed by atoms with Crippen LogP contribution in [-0.4, -0.2) is 17.9 Å². The van der Waals surface area contributed by atoms with E-state index in [-0.39, 0.29) is 5.91 Å².